The number of benzene rings is 1. The van der Waals surface area contributed by atoms with E-state index in [1.54, 1.807) is 24.3 Å². The molecular weight excluding hydrogens is 288 g/mol. The smallest absolute Gasteiger partial charge is 0.234 e. The van der Waals surface area contributed by atoms with Gasteiger partial charge in [-0.25, -0.2) is 12.7 Å². The molecule has 1 aliphatic rings. The van der Waals surface area contributed by atoms with Crippen molar-refractivity contribution in [2.45, 2.75) is 24.4 Å². The zero-order chi connectivity index (χ0) is 14.2. The van der Waals surface area contributed by atoms with Gasteiger partial charge < -0.3 is 10.0 Å². The van der Waals surface area contributed by atoms with Gasteiger partial charge in [0.25, 0.3) is 0 Å². The van der Waals surface area contributed by atoms with Crippen molar-refractivity contribution in [3.05, 3.63) is 29.3 Å². The van der Waals surface area contributed by atoms with Crippen LogP contribution in [0.1, 0.15) is 12.8 Å². The average Bonchev–Trinajstić information content (AvgIpc) is 2.72. The molecule has 0 aliphatic carbocycles. The van der Waals surface area contributed by atoms with E-state index in [9.17, 15) is 13.5 Å². The summed E-state index contributed by atoms with van der Waals surface area (Å²) >= 11 is 6.10. The molecule has 1 aromatic carbocycles. The van der Waals surface area contributed by atoms with E-state index in [4.69, 9.17) is 11.6 Å². The molecule has 2 atom stereocenters. The number of anilines is 1. The molecule has 0 aromatic heterocycles. The largest absolute Gasteiger partial charge is 0.374 e. The summed E-state index contributed by atoms with van der Waals surface area (Å²) in [6.45, 7) is 0. The first-order valence-electron chi connectivity index (χ1n) is 5.98. The third-order valence-electron chi connectivity index (χ3n) is 3.29. The molecule has 1 N–H and O–H groups in total. The first-order chi connectivity index (χ1) is 8.85. The van der Waals surface area contributed by atoms with Crippen LogP contribution in [0, 0.1) is 0 Å². The highest BCUT2D eigenvalue weighted by molar-refractivity contribution is 7.89. The number of hydrogen-bond acceptors (Lipinski definition) is 4. The summed E-state index contributed by atoms with van der Waals surface area (Å²) in [6.07, 6.45) is -0.0461. The normalized spacial score (nSPS) is 24.2. The number of rotatable bonds is 3. The zero-order valence-corrected chi connectivity index (χ0v) is 12.4. The number of aliphatic hydroxyl groups is 1. The lowest BCUT2D eigenvalue weighted by Crippen LogP contribution is -2.45. The number of aliphatic hydroxyl groups excluding tert-OH is 1. The molecule has 0 amide bonds. The average molecular weight is 305 g/mol. The van der Waals surface area contributed by atoms with Crippen molar-refractivity contribution in [2.24, 2.45) is 0 Å². The Kier molecular flexibility index (Phi) is 4.06. The predicted octanol–water partition coefficient (Wildman–Crippen LogP) is 1.48. The minimum absolute atomic E-state index is 0.382. The first-order valence-corrected chi connectivity index (χ1v) is 7.86. The van der Waals surface area contributed by atoms with E-state index in [0.717, 1.165) is 0 Å². The van der Waals surface area contributed by atoms with E-state index in [-0.39, 0.29) is 0 Å². The fraction of sp³-hybridized carbons (Fsp3) is 0.500. The molecule has 2 rings (SSSR count). The summed E-state index contributed by atoms with van der Waals surface area (Å²) in [5.74, 6) is 0. The number of halogens is 1. The lowest BCUT2D eigenvalue weighted by atomic mass is 10.3. The Hall–Kier alpha value is -0.820. The molecular formula is C12H17ClN2O3S. The molecule has 1 fully saturated rings. The predicted molar refractivity (Wildman–Crippen MR) is 75.6 cm³/mol. The molecule has 1 heterocycles. The first kappa shape index (κ1) is 14.6. The lowest BCUT2D eigenvalue weighted by molar-refractivity contribution is 0.184. The van der Waals surface area contributed by atoms with Gasteiger partial charge in [0, 0.05) is 14.1 Å². The van der Waals surface area contributed by atoms with Crippen molar-refractivity contribution >= 4 is 27.3 Å². The highest BCUT2D eigenvalue weighted by Gasteiger charge is 2.42. The Morgan fingerprint density at radius 3 is 2.53 bits per heavy atom. The molecule has 106 valence electrons. The highest BCUT2D eigenvalue weighted by Crippen LogP contribution is 2.36. The molecule has 2 unspecified atom stereocenters. The topological polar surface area (TPSA) is 60.9 Å². The Morgan fingerprint density at radius 2 is 1.95 bits per heavy atom. The maximum Gasteiger partial charge on any atom is 0.234 e. The van der Waals surface area contributed by atoms with Gasteiger partial charge in [-0.05, 0) is 25.0 Å². The maximum atomic E-state index is 12.3. The van der Waals surface area contributed by atoms with E-state index >= 15 is 0 Å². The van der Waals surface area contributed by atoms with Gasteiger partial charge in [0.1, 0.15) is 11.6 Å². The van der Waals surface area contributed by atoms with Crippen LogP contribution in [-0.4, -0.2) is 43.5 Å². The van der Waals surface area contributed by atoms with Gasteiger partial charge in [-0.15, -0.1) is 0 Å². The third-order valence-corrected chi connectivity index (χ3v) is 5.77. The summed E-state index contributed by atoms with van der Waals surface area (Å²) in [7, 11) is -0.501. The minimum Gasteiger partial charge on any atom is -0.374 e. The molecule has 1 aromatic rings. The van der Waals surface area contributed by atoms with Crippen LogP contribution in [0.15, 0.2) is 24.3 Å². The van der Waals surface area contributed by atoms with Crippen molar-refractivity contribution in [3.8, 4) is 0 Å². The summed E-state index contributed by atoms with van der Waals surface area (Å²) in [4.78, 5) is 1.48. The second-order valence-electron chi connectivity index (χ2n) is 4.70. The number of sulfonamides is 1. The molecule has 5 nitrogen and oxygen atoms in total. The van der Waals surface area contributed by atoms with Crippen molar-refractivity contribution in [1.82, 2.24) is 4.31 Å². The highest BCUT2D eigenvalue weighted by atomic mass is 35.5. The molecule has 0 bridgehead atoms. The number of nitrogens with zero attached hydrogens (tertiary/aromatic N) is 2. The second-order valence-corrected chi connectivity index (χ2v) is 7.41. The van der Waals surface area contributed by atoms with Crippen LogP contribution in [-0.2, 0) is 10.0 Å². The summed E-state index contributed by atoms with van der Waals surface area (Å²) in [5.41, 5.74) is 0.546. The van der Waals surface area contributed by atoms with E-state index < -0.39 is 21.6 Å². The quantitative estimate of drug-likeness (QED) is 0.919. The van der Waals surface area contributed by atoms with E-state index in [2.05, 4.69) is 0 Å². The molecule has 0 radical (unpaired) electrons. The van der Waals surface area contributed by atoms with Gasteiger partial charge in [0.05, 0.1) is 10.7 Å². The number of hydrogen-bond donors (Lipinski definition) is 1. The SMILES string of the molecule is CN(C)S(=O)(=O)C1CCC(O)N1c1ccccc1Cl. The van der Waals surface area contributed by atoms with E-state index in [1.807, 2.05) is 0 Å². The van der Waals surface area contributed by atoms with E-state index in [0.29, 0.717) is 23.6 Å². The zero-order valence-electron chi connectivity index (χ0n) is 10.8. The van der Waals surface area contributed by atoms with Crippen LogP contribution in [0.3, 0.4) is 0 Å². The van der Waals surface area contributed by atoms with Crippen LogP contribution < -0.4 is 4.90 Å². The Balaban J connectivity index is 2.45. The van der Waals surface area contributed by atoms with Crippen molar-refractivity contribution < 1.29 is 13.5 Å². The van der Waals surface area contributed by atoms with Gasteiger partial charge in [0.15, 0.2) is 0 Å². The van der Waals surface area contributed by atoms with Crippen molar-refractivity contribution in [3.63, 3.8) is 0 Å². The molecule has 0 spiro atoms. The molecule has 19 heavy (non-hydrogen) atoms. The van der Waals surface area contributed by atoms with Gasteiger partial charge in [-0.3, -0.25) is 0 Å². The van der Waals surface area contributed by atoms with Crippen LogP contribution in [0.4, 0.5) is 5.69 Å². The van der Waals surface area contributed by atoms with Gasteiger partial charge in [0.2, 0.25) is 10.0 Å². The summed E-state index contributed by atoms with van der Waals surface area (Å²) in [6, 6.07) is 6.94. The van der Waals surface area contributed by atoms with Gasteiger partial charge in [-0.2, -0.15) is 0 Å². The maximum absolute atomic E-state index is 12.3. The standard InChI is InChI=1S/C12H17ClN2O3S/c1-14(2)19(17,18)12-8-7-11(16)15(12)10-6-4-3-5-9(10)13/h3-6,11-12,16H,7-8H2,1-2H3. The molecule has 0 saturated carbocycles. The van der Waals surface area contributed by atoms with Gasteiger partial charge >= 0.3 is 0 Å². The van der Waals surface area contributed by atoms with Crippen LogP contribution in [0.25, 0.3) is 0 Å². The number of para-hydroxylation sites is 1. The molecule has 7 heteroatoms. The summed E-state index contributed by atoms with van der Waals surface area (Å²) < 4.78 is 25.8. The van der Waals surface area contributed by atoms with Crippen molar-refractivity contribution in [2.75, 3.05) is 19.0 Å². The second kappa shape index (κ2) is 5.28. The minimum atomic E-state index is -3.48. The lowest BCUT2D eigenvalue weighted by Gasteiger charge is -2.31. The van der Waals surface area contributed by atoms with Gasteiger partial charge in [-0.1, -0.05) is 23.7 Å². The van der Waals surface area contributed by atoms with Crippen molar-refractivity contribution in [1.29, 1.82) is 0 Å². The molecule has 1 aliphatic heterocycles. The molecule has 1 saturated heterocycles. The third kappa shape index (κ3) is 2.58. The Bertz CT molecular complexity index is 562. The van der Waals surface area contributed by atoms with Crippen LogP contribution in [0.5, 0.6) is 0 Å². The monoisotopic (exact) mass is 304 g/mol. The Morgan fingerprint density at radius 1 is 1.32 bits per heavy atom. The fourth-order valence-electron chi connectivity index (χ4n) is 2.27. The fourth-order valence-corrected chi connectivity index (χ4v) is 3.97. The van der Waals surface area contributed by atoms with E-state index in [1.165, 1.54) is 23.3 Å². The summed E-state index contributed by atoms with van der Waals surface area (Å²) in [5, 5.41) is 9.72. The van der Waals surface area contributed by atoms with Crippen LogP contribution >= 0.6 is 11.6 Å². The Labute approximate surface area is 118 Å². The van der Waals surface area contributed by atoms with Crippen LogP contribution in [0.2, 0.25) is 5.02 Å².